The van der Waals surface area contributed by atoms with Crippen molar-refractivity contribution in [1.82, 2.24) is 4.90 Å². The molecule has 22 heavy (non-hydrogen) atoms. The van der Waals surface area contributed by atoms with Crippen LogP contribution in [0.2, 0.25) is 0 Å². The number of carboxylic acid groups (broad SMARTS) is 1. The van der Waals surface area contributed by atoms with Gasteiger partial charge < -0.3 is 15.1 Å². The molecule has 1 heterocycles. The zero-order valence-corrected chi connectivity index (χ0v) is 12.9. The highest BCUT2D eigenvalue weighted by Crippen LogP contribution is 2.57. The highest BCUT2D eigenvalue weighted by atomic mass is 16.4. The maximum absolute atomic E-state index is 13.0. The third kappa shape index (κ3) is 2.16. The Morgan fingerprint density at radius 1 is 0.909 bits per heavy atom. The minimum Gasteiger partial charge on any atom is -0.479 e. The summed E-state index contributed by atoms with van der Waals surface area (Å²) in [5.41, 5.74) is -1.64. The molecule has 2 N–H and O–H groups in total. The summed E-state index contributed by atoms with van der Waals surface area (Å²) in [5.74, 6) is 2.07. The minimum atomic E-state index is -1.64. The topological polar surface area (TPSA) is 77.8 Å². The van der Waals surface area contributed by atoms with Crippen molar-refractivity contribution < 1.29 is 19.8 Å². The van der Waals surface area contributed by atoms with Gasteiger partial charge in [0, 0.05) is 31.8 Å². The van der Waals surface area contributed by atoms with Crippen LogP contribution in [0, 0.1) is 29.6 Å². The highest BCUT2D eigenvalue weighted by molar-refractivity contribution is 5.81. The van der Waals surface area contributed by atoms with E-state index in [1.165, 1.54) is 32.1 Å². The highest BCUT2D eigenvalue weighted by Gasteiger charge is 2.52. The summed E-state index contributed by atoms with van der Waals surface area (Å²) in [6.45, 7) is 0.759. The molecule has 5 heteroatoms. The molecule has 5 aliphatic rings. The number of piperidine rings is 1. The SMILES string of the molecule is O=C(C1C2CC3CC(C2)CC1C3)N1CCC(O)(C(=O)O)CC1. The van der Waals surface area contributed by atoms with Crippen molar-refractivity contribution >= 4 is 11.9 Å². The lowest BCUT2D eigenvalue weighted by Crippen LogP contribution is -2.56. The monoisotopic (exact) mass is 307 g/mol. The van der Waals surface area contributed by atoms with Crippen molar-refractivity contribution in [2.75, 3.05) is 13.1 Å². The van der Waals surface area contributed by atoms with E-state index in [0.717, 1.165) is 11.8 Å². The molecule has 0 aromatic heterocycles. The molecule has 5 fully saturated rings. The van der Waals surface area contributed by atoms with Gasteiger partial charge in [-0.15, -0.1) is 0 Å². The van der Waals surface area contributed by atoms with Crippen molar-refractivity contribution in [3.63, 3.8) is 0 Å². The zero-order chi connectivity index (χ0) is 15.5. The fourth-order valence-corrected chi connectivity index (χ4v) is 5.85. The number of carbonyl (C=O) groups is 2. The standard InChI is InChI=1S/C17H25NO4/c19-15(18-3-1-17(22,2-4-18)16(20)21)14-12-6-10-5-11(8-12)9-13(14)7-10/h10-14,22H,1-9H2,(H,20,21). The molecule has 0 spiro atoms. The lowest BCUT2D eigenvalue weighted by molar-refractivity contribution is -0.168. The van der Waals surface area contributed by atoms with Crippen molar-refractivity contribution in [3.05, 3.63) is 0 Å². The van der Waals surface area contributed by atoms with E-state index in [2.05, 4.69) is 0 Å². The molecule has 4 bridgehead atoms. The molecule has 4 aliphatic carbocycles. The van der Waals surface area contributed by atoms with Gasteiger partial charge in [-0.05, 0) is 55.8 Å². The molecule has 0 radical (unpaired) electrons. The number of aliphatic hydroxyl groups is 1. The molecule has 122 valence electrons. The second-order valence-electron chi connectivity index (χ2n) is 8.12. The average Bonchev–Trinajstić information content (AvgIpc) is 2.46. The molecule has 0 unspecified atom stereocenters. The zero-order valence-electron chi connectivity index (χ0n) is 12.9. The van der Waals surface area contributed by atoms with E-state index in [1.807, 2.05) is 4.90 Å². The smallest absolute Gasteiger partial charge is 0.335 e. The van der Waals surface area contributed by atoms with Gasteiger partial charge in [-0.2, -0.15) is 0 Å². The number of hydrogen-bond acceptors (Lipinski definition) is 3. The minimum absolute atomic E-state index is 0.154. The van der Waals surface area contributed by atoms with E-state index in [0.29, 0.717) is 24.9 Å². The van der Waals surface area contributed by atoms with Gasteiger partial charge in [0.15, 0.2) is 5.60 Å². The van der Waals surface area contributed by atoms with Gasteiger partial charge in [0.2, 0.25) is 5.91 Å². The van der Waals surface area contributed by atoms with E-state index in [-0.39, 0.29) is 24.7 Å². The molecule has 5 rings (SSSR count). The maximum atomic E-state index is 13.0. The maximum Gasteiger partial charge on any atom is 0.335 e. The van der Waals surface area contributed by atoms with Crippen molar-refractivity contribution in [2.45, 2.75) is 50.5 Å². The Kier molecular flexibility index (Phi) is 3.26. The molecular weight excluding hydrogens is 282 g/mol. The van der Waals surface area contributed by atoms with Crippen LogP contribution in [0.4, 0.5) is 0 Å². The molecule has 0 atom stereocenters. The Morgan fingerprint density at radius 3 is 1.86 bits per heavy atom. The number of amides is 1. The summed E-state index contributed by atoms with van der Waals surface area (Å²) in [4.78, 5) is 25.9. The summed E-state index contributed by atoms with van der Waals surface area (Å²) in [7, 11) is 0. The number of rotatable bonds is 2. The quantitative estimate of drug-likeness (QED) is 0.810. The third-order valence-electron chi connectivity index (χ3n) is 6.81. The summed E-state index contributed by atoms with van der Waals surface area (Å²) in [5, 5.41) is 19.1. The van der Waals surface area contributed by atoms with Crippen LogP contribution in [-0.4, -0.2) is 45.7 Å². The normalized spacial score (nSPS) is 42.4. The fourth-order valence-electron chi connectivity index (χ4n) is 5.85. The van der Waals surface area contributed by atoms with Crippen molar-refractivity contribution in [3.8, 4) is 0 Å². The molecule has 0 aromatic rings. The first kappa shape index (κ1) is 14.5. The van der Waals surface area contributed by atoms with Gasteiger partial charge >= 0.3 is 5.97 Å². The lowest BCUT2D eigenvalue weighted by atomic mass is 9.51. The Morgan fingerprint density at radius 2 is 1.41 bits per heavy atom. The average molecular weight is 307 g/mol. The predicted molar refractivity (Wildman–Crippen MR) is 78.9 cm³/mol. The molecule has 1 saturated heterocycles. The predicted octanol–water partition coefficient (Wildman–Crippen LogP) is 1.50. The number of hydrogen-bond donors (Lipinski definition) is 2. The first-order valence-electron chi connectivity index (χ1n) is 8.71. The van der Waals surface area contributed by atoms with Crippen molar-refractivity contribution in [1.29, 1.82) is 0 Å². The van der Waals surface area contributed by atoms with Gasteiger partial charge in [-0.1, -0.05) is 0 Å². The van der Waals surface area contributed by atoms with E-state index in [9.17, 15) is 14.7 Å². The fraction of sp³-hybridized carbons (Fsp3) is 0.882. The number of aliphatic carboxylic acids is 1. The number of carboxylic acids is 1. The largest absolute Gasteiger partial charge is 0.479 e. The molecule has 1 aliphatic heterocycles. The first-order valence-corrected chi connectivity index (χ1v) is 8.71. The molecule has 5 nitrogen and oxygen atoms in total. The second-order valence-corrected chi connectivity index (χ2v) is 8.12. The van der Waals surface area contributed by atoms with Crippen LogP contribution >= 0.6 is 0 Å². The van der Waals surface area contributed by atoms with Crippen LogP contribution in [0.5, 0.6) is 0 Å². The van der Waals surface area contributed by atoms with E-state index in [4.69, 9.17) is 5.11 Å². The Hall–Kier alpha value is -1.10. The van der Waals surface area contributed by atoms with E-state index in [1.54, 1.807) is 0 Å². The van der Waals surface area contributed by atoms with Gasteiger partial charge in [-0.3, -0.25) is 4.79 Å². The first-order chi connectivity index (χ1) is 10.5. The second kappa shape index (κ2) is 4.95. The Balaban J connectivity index is 1.44. The van der Waals surface area contributed by atoms with Gasteiger partial charge in [0.05, 0.1) is 0 Å². The van der Waals surface area contributed by atoms with Crippen LogP contribution in [0.15, 0.2) is 0 Å². The summed E-state index contributed by atoms with van der Waals surface area (Å²) in [6, 6.07) is 0. The summed E-state index contributed by atoms with van der Waals surface area (Å²) < 4.78 is 0. The van der Waals surface area contributed by atoms with Crippen LogP contribution in [0.1, 0.15) is 44.9 Å². The Labute approximate surface area is 130 Å². The van der Waals surface area contributed by atoms with Crippen LogP contribution < -0.4 is 0 Å². The summed E-state index contributed by atoms with van der Waals surface area (Å²) in [6.07, 6.45) is 6.56. The van der Waals surface area contributed by atoms with Crippen LogP contribution in [0.25, 0.3) is 0 Å². The Bertz CT molecular complexity index is 467. The van der Waals surface area contributed by atoms with E-state index < -0.39 is 11.6 Å². The van der Waals surface area contributed by atoms with Gasteiger partial charge in [0.25, 0.3) is 0 Å². The van der Waals surface area contributed by atoms with Gasteiger partial charge in [0.1, 0.15) is 0 Å². The lowest BCUT2D eigenvalue weighted by Gasteiger charge is -2.54. The van der Waals surface area contributed by atoms with Crippen LogP contribution in [-0.2, 0) is 9.59 Å². The number of nitrogens with zero attached hydrogens (tertiary/aromatic N) is 1. The van der Waals surface area contributed by atoms with E-state index >= 15 is 0 Å². The summed E-state index contributed by atoms with van der Waals surface area (Å²) >= 11 is 0. The number of carbonyl (C=O) groups excluding carboxylic acids is 1. The molecule has 1 amide bonds. The molecule has 0 aromatic carbocycles. The molecule has 4 saturated carbocycles. The molecular formula is C17H25NO4. The van der Waals surface area contributed by atoms with Crippen LogP contribution in [0.3, 0.4) is 0 Å². The van der Waals surface area contributed by atoms with Gasteiger partial charge in [-0.25, -0.2) is 4.79 Å². The van der Waals surface area contributed by atoms with Crippen molar-refractivity contribution in [2.24, 2.45) is 29.6 Å². The third-order valence-corrected chi connectivity index (χ3v) is 6.81. The number of likely N-dealkylation sites (tertiary alicyclic amines) is 1.